The van der Waals surface area contributed by atoms with E-state index < -0.39 is 75.7 Å². The summed E-state index contributed by atoms with van der Waals surface area (Å²) in [5.41, 5.74) is 0. The van der Waals surface area contributed by atoms with Crippen LogP contribution in [0.3, 0.4) is 0 Å². The van der Waals surface area contributed by atoms with Crippen LogP contribution in [0.4, 0.5) is 0 Å². The Morgan fingerprint density at radius 2 is 0.889 bits per heavy atom. The van der Waals surface area contributed by atoms with E-state index >= 15 is 0 Å². The average Bonchev–Trinajstić information content (AvgIpc) is 3.26. The standard InChI is InChI=1S/C49H91O13P/c1-3-5-7-9-11-13-15-17-19-20-21-22-24-25-27-29-31-33-35-37-42(50)59-39-41(40-60-63(57,58)62-49-47(55)45(53)44(52)46(54)48(49)56)61-43(51)38-36-34-32-30-28-26-23-18-16-14-12-10-8-6-4-2/h4,17,19,41,44-49,52-56H,2-3,5-16,18,20-40H2,1H3,(H,57,58)/b19-17+/t41-,44?,45-,46?,47?,48?,49?/m0/s1. The predicted octanol–water partition coefficient (Wildman–Crippen LogP) is 10.4. The second-order valence-corrected chi connectivity index (χ2v) is 19.2. The molecular formula is C49H91O13P. The number of ether oxygens (including phenoxy) is 2. The molecule has 1 aliphatic carbocycles. The zero-order valence-electron chi connectivity index (χ0n) is 39.2. The summed E-state index contributed by atoms with van der Waals surface area (Å²) in [7, 11) is -5.12. The summed E-state index contributed by atoms with van der Waals surface area (Å²) in [6.07, 6.45) is 29.7. The van der Waals surface area contributed by atoms with E-state index in [0.29, 0.717) is 12.8 Å². The van der Waals surface area contributed by atoms with E-state index in [4.69, 9.17) is 18.5 Å². The molecule has 1 saturated carbocycles. The summed E-state index contributed by atoms with van der Waals surface area (Å²) < 4.78 is 33.6. The van der Waals surface area contributed by atoms with Gasteiger partial charge < -0.3 is 39.9 Å². The van der Waals surface area contributed by atoms with E-state index in [1.54, 1.807) is 0 Å². The molecule has 0 amide bonds. The van der Waals surface area contributed by atoms with Gasteiger partial charge in [0.15, 0.2) is 6.10 Å². The molecule has 13 nitrogen and oxygen atoms in total. The molecule has 63 heavy (non-hydrogen) atoms. The quantitative estimate of drug-likeness (QED) is 0.0146. The summed E-state index contributed by atoms with van der Waals surface area (Å²) in [6.45, 7) is 4.85. The lowest BCUT2D eigenvalue weighted by Gasteiger charge is -2.41. The van der Waals surface area contributed by atoms with Crippen LogP contribution in [0.5, 0.6) is 0 Å². The number of phosphoric ester groups is 1. The van der Waals surface area contributed by atoms with Gasteiger partial charge >= 0.3 is 19.8 Å². The second-order valence-electron chi connectivity index (χ2n) is 17.8. The first-order chi connectivity index (χ1) is 30.4. The smallest absolute Gasteiger partial charge is 0.462 e. The Labute approximate surface area is 381 Å². The number of hydrogen-bond donors (Lipinski definition) is 6. The molecule has 1 aliphatic rings. The zero-order valence-corrected chi connectivity index (χ0v) is 40.1. The van der Waals surface area contributed by atoms with E-state index in [2.05, 4.69) is 25.7 Å². The number of aliphatic hydroxyl groups excluding tert-OH is 5. The molecular weight excluding hydrogens is 828 g/mol. The van der Waals surface area contributed by atoms with Crippen molar-refractivity contribution in [2.24, 2.45) is 0 Å². The van der Waals surface area contributed by atoms with Crippen molar-refractivity contribution in [3.05, 3.63) is 24.8 Å². The number of unbranched alkanes of at least 4 members (excludes halogenated alkanes) is 28. The maximum absolute atomic E-state index is 12.8. The highest BCUT2D eigenvalue weighted by Crippen LogP contribution is 2.47. The Morgan fingerprint density at radius 1 is 0.524 bits per heavy atom. The summed E-state index contributed by atoms with van der Waals surface area (Å²) in [4.78, 5) is 35.8. The van der Waals surface area contributed by atoms with Crippen molar-refractivity contribution in [3.8, 4) is 0 Å². The fourth-order valence-corrected chi connectivity index (χ4v) is 8.82. The Kier molecular flexibility index (Phi) is 37.2. The normalized spacial score (nSPS) is 21.6. The number of carbonyl (C=O) groups is 2. The van der Waals surface area contributed by atoms with Crippen molar-refractivity contribution in [1.29, 1.82) is 0 Å². The van der Waals surface area contributed by atoms with Gasteiger partial charge in [-0.2, -0.15) is 0 Å². The summed E-state index contributed by atoms with van der Waals surface area (Å²) in [6, 6.07) is 0. The first kappa shape index (κ1) is 59.3. The molecule has 14 heteroatoms. The molecule has 0 spiro atoms. The molecule has 370 valence electrons. The van der Waals surface area contributed by atoms with Crippen LogP contribution in [0.1, 0.15) is 219 Å². The lowest BCUT2D eigenvalue weighted by molar-refractivity contribution is -0.220. The van der Waals surface area contributed by atoms with Gasteiger partial charge in [0, 0.05) is 12.8 Å². The van der Waals surface area contributed by atoms with Gasteiger partial charge in [-0.05, 0) is 51.4 Å². The topological polar surface area (TPSA) is 210 Å². The van der Waals surface area contributed by atoms with Crippen molar-refractivity contribution in [2.45, 2.75) is 262 Å². The van der Waals surface area contributed by atoms with Crippen LogP contribution in [0.15, 0.2) is 24.8 Å². The maximum atomic E-state index is 12.8. The number of phosphoric acid groups is 1. The Bertz CT molecular complexity index is 1190. The van der Waals surface area contributed by atoms with Gasteiger partial charge in [0.2, 0.25) is 0 Å². The molecule has 0 aromatic carbocycles. The third-order valence-electron chi connectivity index (χ3n) is 11.9. The molecule has 6 N–H and O–H groups in total. The van der Waals surface area contributed by atoms with Gasteiger partial charge in [-0.25, -0.2) is 4.57 Å². The molecule has 0 radical (unpaired) electrons. The summed E-state index contributed by atoms with van der Waals surface area (Å²) >= 11 is 0. The molecule has 1 fully saturated rings. The van der Waals surface area contributed by atoms with Crippen molar-refractivity contribution >= 4 is 19.8 Å². The fraction of sp³-hybridized carbons (Fsp3) is 0.878. The molecule has 0 heterocycles. The van der Waals surface area contributed by atoms with Crippen LogP contribution >= 0.6 is 7.82 Å². The Hall–Kier alpha value is -1.67. The lowest BCUT2D eigenvalue weighted by atomic mass is 9.85. The van der Waals surface area contributed by atoms with E-state index in [1.165, 1.54) is 128 Å². The van der Waals surface area contributed by atoms with Crippen molar-refractivity contribution in [1.82, 2.24) is 0 Å². The van der Waals surface area contributed by atoms with Crippen molar-refractivity contribution in [3.63, 3.8) is 0 Å². The molecule has 0 aromatic heterocycles. The van der Waals surface area contributed by atoms with Gasteiger partial charge in [0.1, 0.15) is 43.2 Å². The molecule has 0 saturated heterocycles. The van der Waals surface area contributed by atoms with E-state index in [0.717, 1.165) is 57.8 Å². The lowest BCUT2D eigenvalue weighted by Crippen LogP contribution is -2.64. The third kappa shape index (κ3) is 31.8. The minimum absolute atomic E-state index is 0.0970. The van der Waals surface area contributed by atoms with E-state index in [1.807, 2.05) is 6.08 Å². The molecule has 0 bridgehead atoms. The van der Waals surface area contributed by atoms with Crippen LogP contribution in [-0.4, -0.2) is 98.3 Å². The molecule has 0 aliphatic heterocycles. The first-order valence-corrected chi connectivity index (χ1v) is 26.6. The SMILES string of the molecule is C=CCCCCCCCCCCCCCCCC(=O)O[C@@H](COC(=O)CCCCCCCCCCC/C=C/CCCCCCCC)COP(=O)(O)OC1C(O)C(O)C(O)[C@H](O)C1O. The molecule has 6 unspecified atom stereocenters. The summed E-state index contributed by atoms with van der Waals surface area (Å²) in [5, 5.41) is 50.2. The number of esters is 2. The highest BCUT2D eigenvalue weighted by molar-refractivity contribution is 7.47. The second kappa shape index (κ2) is 39.5. The van der Waals surface area contributed by atoms with Crippen LogP contribution in [-0.2, 0) is 32.7 Å². The monoisotopic (exact) mass is 919 g/mol. The van der Waals surface area contributed by atoms with Gasteiger partial charge in [-0.3, -0.25) is 18.6 Å². The van der Waals surface area contributed by atoms with Crippen LogP contribution in [0, 0.1) is 0 Å². The minimum atomic E-state index is -5.12. The van der Waals surface area contributed by atoms with Gasteiger partial charge in [0.25, 0.3) is 0 Å². The highest BCUT2D eigenvalue weighted by Gasteiger charge is 2.51. The molecule has 0 aromatic rings. The summed E-state index contributed by atoms with van der Waals surface area (Å²) in [5.74, 6) is -1.10. The minimum Gasteiger partial charge on any atom is -0.462 e. The van der Waals surface area contributed by atoms with E-state index in [-0.39, 0.29) is 12.8 Å². The van der Waals surface area contributed by atoms with Gasteiger partial charge in [-0.1, -0.05) is 173 Å². The fourth-order valence-electron chi connectivity index (χ4n) is 7.85. The number of carbonyl (C=O) groups excluding carboxylic acids is 2. The number of aliphatic hydroxyl groups is 5. The molecule has 1 rings (SSSR count). The average molecular weight is 919 g/mol. The van der Waals surface area contributed by atoms with Crippen LogP contribution in [0.2, 0.25) is 0 Å². The number of hydrogen-bond acceptors (Lipinski definition) is 12. The van der Waals surface area contributed by atoms with Crippen molar-refractivity contribution < 1.29 is 63.1 Å². The Morgan fingerprint density at radius 3 is 1.32 bits per heavy atom. The maximum Gasteiger partial charge on any atom is 0.472 e. The molecule has 8 atom stereocenters. The van der Waals surface area contributed by atoms with Gasteiger partial charge in [-0.15, -0.1) is 6.58 Å². The van der Waals surface area contributed by atoms with Crippen LogP contribution < -0.4 is 0 Å². The number of rotatable bonds is 43. The van der Waals surface area contributed by atoms with Gasteiger partial charge in [0.05, 0.1) is 6.61 Å². The number of allylic oxidation sites excluding steroid dienone is 3. The largest absolute Gasteiger partial charge is 0.472 e. The Balaban J connectivity index is 2.39. The van der Waals surface area contributed by atoms with E-state index in [9.17, 15) is 44.6 Å². The predicted molar refractivity (Wildman–Crippen MR) is 249 cm³/mol. The highest BCUT2D eigenvalue weighted by atomic mass is 31.2. The van der Waals surface area contributed by atoms with Crippen LogP contribution in [0.25, 0.3) is 0 Å². The zero-order chi connectivity index (χ0) is 46.4. The third-order valence-corrected chi connectivity index (χ3v) is 12.9. The van der Waals surface area contributed by atoms with Crippen molar-refractivity contribution in [2.75, 3.05) is 13.2 Å². The first-order valence-electron chi connectivity index (χ1n) is 25.1.